The first-order valence-corrected chi connectivity index (χ1v) is 7.39. The number of aromatic nitrogens is 1. The Morgan fingerprint density at radius 2 is 2.00 bits per heavy atom. The Labute approximate surface area is 153 Å². The van der Waals surface area contributed by atoms with E-state index in [-0.39, 0.29) is 24.0 Å². The van der Waals surface area contributed by atoms with Crippen molar-refractivity contribution < 1.29 is 9.26 Å². The van der Waals surface area contributed by atoms with Crippen molar-refractivity contribution in [1.82, 2.24) is 15.8 Å². The molecule has 0 radical (unpaired) electrons. The zero-order chi connectivity index (χ0) is 15.6. The van der Waals surface area contributed by atoms with Crippen molar-refractivity contribution in [2.24, 2.45) is 4.99 Å². The molecule has 0 aliphatic carbocycles. The summed E-state index contributed by atoms with van der Waals surface area (Å²) in [6.07, 6.45) is 1.54. The second kappa shape index (κ2) is 10.9. The van der Waals surface area contributed by atoms with Gasteiger partial charge in [-0.25, -0.2) is 4.99 Å². The van der Waals surface area contributed by atoms with Gasteiger partial charge in [0.2, 0.25) is 0 Å². The summed E-state index contributed by atoms with van der Waals surface area (Å²) in [7, 11) is 0. The van der Waals surface area contributed by atoms with Crippen LogP contribution in [0.1, 0.15) is 18.2 Å². The number of rotatable bonds is 7. The van der Waals surface area contributed by atoms with Crippen LogP contribution >= 0.6 is 24.0 Å². The number of benzene rings is 1. The molecule has 0 aliphatic rings. The van der Waals surface area contributed by atoms with Crippen molar-refractivity contribution in [3.63, 3.8) is 0 Å². The lowest BCUT2D eigenvalue weighted by Crippen LogP contribution is -2.39. The van der Waals surface area contributed by atoms with E-state index < -0.39 is 0 Å². The van der Waals surface area contributed by atoms with Crippen molar-refractivity contribution in [1.29, 1.82) is 0 Å². The Morgan fingerprint density at radius 1 is 1.22 bits per heavy atom. The molecule has 2 N–H and O–H groups in total. The molecule has 7 heteroatoms. The minimum Gasteiger partial charge on any atom is -0.492 e. The second-order valence-corrected chi connectivity index (χ2v) is 4.77. The maximum atomic E-state index is 5.67. The van der Waals surface area contributed by atoms with Crippen molar-refractivity contribution in [2.45, 2.75) is 20.4 Å². The van der Waals surface area contributed by atoms with Gasteiger partial charge < -0.3 is 19.9 Å². The van der Waals surface area contributed by atoms with Crippen LogP contribution < -0.4 is 15.4 Å². The van der Waals surface area contributed by atoms with Crippen LogP contribution in [0.5, 0.6) is 5.75 Å². The Bertz CT molecular complexity index is 570. The summed E-state index contributed by atoms with van der Waals surface area (Å²) in [5.74, 6) is 1.61. The molecular formula is C16H23IN4O2. The van der Waals surface area contributed by atoms with Gasteiger partial charge in [0.05, 0.1) is 13.1 Å². The van der Waals surface area contributed by atoms with Gasteiger partial charge in [-0.3, -0.25) is 0 Å². The second-order valence-electron chi connectivity index (χ2n) is 4.77. The molecule has 0 bridgehead atoms. The van der Waals surface area contributed by atoms with E-state index in [0.717, 1.165) is 23.9 Å². The standard InChI is InChI=1S/C16H22N4O2.HI/c1-3-17-16(19-12-14-8-10-22-20-14)18-9-11-21-15-6-4-13(2)5-7-15;/h4-8,10H,3,9,11-12H2,1-2H3,(H2,17,18,19);1H. The van der Waals surface area contributed by atoms with Crippen LogP contribution in [0.25, 0.3) is 0 Å². The van der Waals surface area contributed by atoms with Crippen LogP contribution in [-0.2, 0) is 6.54 Å². The maximum Gasteiger partial charge on any atom is 0.191 e. The number of aryl methyl sites for hydroxylation is 1. The van der Waals surface area contributed by atoms with E-state index in [1.54, 1.807) is 12.3 Å². The SMILES string of the molecule is CCNC(=NCc1ccon1)NCCOc1ccc(C)cc1.I. The van der Waals surface area contributed by atoms with Crippen molar-refractivity contribution in [3.8, 4) is 5.75 Å². The summed E-state index contributed by atoms with van der Waals surface area (Å²) in [4.78, 5) is 4.43. The Balaban J connectivity index is 0.00000264. The van der Waals surface area contributed by atoms with Crippen LogP contribution in [0.3, 0.4) is 0 Å². The highest BCUT2D eigenvalue weighted by Gasteiger charge is 1.99. The molecule has 0 amide bonds. The number of nitrogens with one attached hydrogen (secondary N) is 2. The lowest BCUT2D eigenvalue weighted by molar-refractivity contribution is 0.322. The molecule has 126 valence electrons. The predicted molar refractivity (Wildman–Crippen MR) is 101 cm³/mol. The first-order chi connectivity index (χ1) is 10.8. The molecule has 1 aromatic heterocycles. The minimum atomic E-state index is 0. The third-order valence-corrected chi connectivity index (χ3v) is 2.92. The molecule has 0 saturated heterocycles. The maximum absolute atomic E-state index is 5.67. The lowest BCUT2D eigenvalue weighted by atomic mass is 10.2. The van der Waals surface area contributed by atoms with Crippen LogP contribution in [0, 0.1) is 6.92 Å². The molecule has 2 aromatic rings. The molecular weight excluding hydrogens is 407 g/mol. The largest absolute Gasteiger partial charge is 0.492 e. The first kappa shape index (κ1) is 19.3. The number of ether oxygens (including phenoxy) is 1. The van der Waals surface area contributed by atoms with Crippen LogP contribution in [0.2, 0.25) is 0 Å². The molecule has 2 rings (SSSR count). The van der Waals surface area contributed by atoms with E-state index >= 15 is 0 Å². The quantitative estimate of drug-likeness (QED) is 0.306. The molecule has 23 heavy (non-hydrogen) atoms. The highest BCUT2D eigenvalue weighted by atomic mass is 127. The lowest BCUT2D eigenvalue weighted by Gasteiger charge is -2.11. The molecule has 0 spiro atoms. The van der Waals surface area contributed by atoms with Gasteiger partial charge in [0.25, 0.3) is 0 Å². The number of guanidine groups is 1. The van der Waals surface area contributed by atoms with Gasteiger partial charge in [-0.1, -0.05) is 22.9 Å². The highest BCUT2D eigenvalue weighted by molar-refractivity contribution is 14.0. The van der Waals surface area contributed by atoms with Gasteiger partial charge in [-0.2, -0.15) is 0 Å². The monoisotopic (exact) mass is 430 g/mol. The van der Waals surface area contributed by atoms with Crippen molar-refractivity contribution in [2.75, 3.05) is 19.7 Å². The smallest absolute Gasteiger partial charge is 0.191 e. The molecule has 0 unspecified atom stereocenters. The van der Waals surface area contributed by atoms with Gasteiger partial charge in [0.1, 0.15) is 24.3 Å². The number of hydrogen-bond acceptors (Lipinski definition) is 4. The predicted octanol–water partition coefficient (Wildman–Crippen LogP) is 2.74. The molecule has 0 fully saturated rings. The fraction of sp³-hybridized carbons (Fsp3) is 0.375. The Morgan fingerprint density at radius 3 is 2.65 bits per heavy atom. The van der Waals surface area contributed by atoms with Gasteiger partial charge in [-0.05, 0) is 26.0 Å². The molecule has 1 aromatic carbocycles. The number of halogens is 1. The summed E-state index contributed by atoms with van der Waals surface area (Å²) >= 11 is 0. The summed E-state index contributed by atoms with van der Waals surface area (Å²) in [5.41, 5.74) is 2.02. The normalized spacial score (nSPS) is 10.8. The number of aliphatic imine (C=N–C) groups is 1. The first-order valence-electron chi connectivity index (χ1n) is 7.39. The van der Waals surface area contributed by atoms with E-state index in [2.05, 4.69) is 27.7 Å². The summed E-state index contributed by atoms with van der Waals surface area (Å²) in [6, 6.07) is 9.81. The van der Waals surface area contributed by atoms with Crippen molar-refractivity contribution in [3.05, 3.63) is 47.9 Å². The van der Waals surface area contributed by atoms with E-state index in [1.165, 1.54) is 5.56 Å². The van der Waals surface area contributed by atoms with Gasteiger partial charge >= 0.3 is 0 Å². The van der Waals surface area contributed by atoms with Crippen LogP contribution in [0.4, 0.5) is 0 Å². The summed E-state index contributed by atoms with van der Waals surface area (Å²) in [6.45, 7) is 6.58. The Kier molecular flexibility index (Phi) is 9.11. The molecule has 0 atom stereocenters. The zero-order valence-electron chi connectivity index (χ0n) is 13.4. The number of nitrogens with zero attached hydrogens (tertiary/aromatic N) is 2. The third-order valence-electron chi connectivity index (χ3n) is 2.92. The van der Waals surface area contributed by atoms with Gasteiger partial charge in [0, 0.05) is 12.6 Å². The molecule has 1 heterocycles. The van der Waals surface area contributed by atoms with Crippen molar-refractivity contribution >= 4 is 29.9 Å². The fourth-order valence-electron chi connectivity index (χ4n) is 1.79. The van der Waals surface area contributed by atoms with Gasteiger partial charge in [-0.15, -0.1) is 24.0 Å². The molecule has 0 aliphatic heterocycles. The van der Waals surface area contributed by atoms with E-state index in [9.17, 15) is 0 Å². The fourth-order valence-corrected chi connectivity index (χ4v) is 1.79. The van der Waals surface area contributed by atoms with Crippen LogP contribution in [-0.4, -0.2) is 30.8 Å². The average molecular weight is 430 g/mol. The minimum absolute atomic E-state index is 0. The van der Waals surface area contributed by atoms with E-state index in [4.69, 9.17) is 9.26 Å². The average Bonchev–Trinajstić information content (AvgIpc) is 3.04. The van der Waals surface area contributed by atoms with Crippen LogP contribution in [0.15, 0.2) is 46.1 Å². The third kappa shape index (κ3) is 7.36. The molecule has 6 nitrogen and oxygen atoms in total. The van der Waals surface area contributed by atoms with E-state index in [0.29, 0.717) is 19.7 Å². The molecule has 0 saturated carbocycles. The number of hydrogen-bond donors (Lipinski definition) is 2. The Hall–Kier alpha value is -1.77. The topological polar surface area (TPSA) is 71.7 Å². The highest BCUT2D eigenvalue weighted by Crippen LogP contribution is 2.10. The summed E-state index contributed by atoms with van der Waals surface area (Å²) < 4.78 is 10.4. The summed E-state index contributed by atoms with van der Waals surface area (Å²) in [5, 5.41) is 10.2. The zero-order valence-corrected chi connectivity index (χ0v) is 15.7. The van der Waals surface area contributed by atoms with Gasteiger partial charge in [0.15, 0.2) is 5.96 Å². The van der Waals surface area contributed by atoms with E-state index in [1.807, 2.05) is 31.2 Å².